The van der Waals surface area contributed by atoms with Gasteiger partial charge in [0.1, 0.15) is 24.2 Å². The zero-order valence-corrected chi connectivity index (χ0v) is 16.8. The number of carbonyl (C=O) groups is 4. The van der Waals surface area contributed by atoms with Crippen molar-refractivity contribution in [3.63, 3.8) is 0 Å². The molecule has 0 aliphatic carbocycles. The summed E-state index contributed by atoms with van der Waals surface area (Å²) >= 11 is 0. The monoisotopic (exact) mass is 419 g/mol. The van der Waals surface area contributed by atoms with Gasteiger partial charge in [-0.15, -0.1) is 0 Å². The van der Waals surface area contributed by atoms with Crippen LogP contribution in [-0.4, -0.2) is 82.9 Å². The molecular formula is C17H33N5O7. The van der Waals surface area contributed by atoms with E-state index in [0.717, 1.165) is 0 Å². The molecule has 0 aromatic carbocycles. The van der Waals surface area contributed by atoms with Gasteiger partial charge in [-0.3, -0.25) is 14.4 Å². The first kappa shape index (κ1) is 26.7. The van der Waals surface area contributed by atoms with Crippen LogP contribution in [0.5, 0.6) is 0 Å². The van der Waals surface area contributed by atoms with Gasteiger partial charge in [0, 0.05) is 0 Å². The number of rotatable bonds is 14. The van der Waals surface area contributed by atoms with Gasteiger partial charge >= 0.3 is 5.97 Å². The molecule has 29 heavy (non-hydrogen) atoms. The Morgan fingerprint density at radius 1 is 0.862 bits per heavy atom. The first-order chi connectivity index (χ1) is 13.6. The summed E-state index contributed by atoms with van der Waals surface area (Å²) in [5.41, 5.74) is 10.8. The first-order valence-corrected chi connectivity index (χ1v) is 9.40. The molecule has 0 fully saturated rings. The molecule has 4 atom stereocenters. The van der Waals surface area contributed by atoms with E-state index in [1.807, 2.05) is 0 Å². The van der Waals surface area contributed by atoms with Crippen molar-refractivity contribution in [2.45, 2.75) is 57.3 Å². The molecule has 0 aromatic heterocycles. The smallest absolute Gasteiger partial charge is 0.326 e. The lowest BCUT2D eigenvalue weighted by molar-refractivity contribution is -0.143. The highest BCUT2D eigenvalue weighted by Crippen LogP contribution is 2.06. The number of carboxylic acids is 1. The third-order valence-corrected chi connectivity index (χ3v) is 4.16. The minimum atomic E-state index is -1.40. The number of hydrogen-bond donors (Lipinski definition) is 8. The number of carboxylic acid groups (broad SMARTS) is 1. The molecule has 0 heterocycles. The number of aliphatic hydroxyl groups excluding tert-OH is 2. The summed E-state index contributed by atoms with van der Waals surface area (Å²) in [6.45, 7) is 2.21. The quantitative estimate of drug-likeness (QED) is 0.131. The van der Waals surface area contributed by atoms with E-state index in [2.05, 4.69) is 16.0 Å². The van der Waals surface area contributed by atoms with Gasteiger partial charge in [0.2, 0.25) is 17.7 Å². The molecule has 0 saturated heterocycles. The van der Waals surface area contributed by atoms with Gasteiger partial charge < -0.3 is 42.7 Å². The second-order valence-electron chi connectivity index (χ2n) is 6.95. The normalized spacial score (nSPS) is 15.1. The Hall–Kier alpha value is -2.28. The van der Waals surface area contributed by atoms with Crippen LogP contribution in [0.4, 0.5) is 0 Å². The van der Waals surface area contributed by atoms with Crippen LogP contribution in [0, 0.1) is 5.92 Å². The van der Waals surface area contributed by atoms with Gasteiger partial charge in [-0.25, -0.2) is 4.79 Å². The Morgan fingerprint density at radius 3 is 1.86 bits per heavy atom. The summed E-state index contributed by atoms with van der Waals surface area (Å²) in [6.07, 6.45) is 1.25. The molecule has 12 heteroatoms. The number of amides is 3. The molecule has 0 aromatic rings. The van der Waals surface area contributed by atoms with Crippen molar-refractivity contribution in [1.82, 2.24) is 16.0 Å². The fourth-order valence-electron chi connectivity index (χ4n) is 2.36. The van der Waals surface area contributed by atoms with Crippen molar-refractivity contribution < 1.29 is 34.5 Å². The fourth-order valence-corrected chi connectivity index (χ4v) is 2.36. The predicted molar refractivity (Wildman–Crippen MR) is 103 cm³/mol. The molecule has 0 bridgehead atoms. The van der Waals surface area contributed by atoms with Gasteiger partial charge in [-0.1, -0.05) is 13.8 Å². The summed E-state index contributed by atoms with van der Waals surface area (Å²) in [6, 6.07) is -4.91. The van der Waals surface area contributed by atoms with Crippen LogP contribution in [0.1, 0.15) is 33.1 Å². The van der Waals surface area contributed by atoms with E-state index in [9.17, 15) is 29.4 Å². The molecule has 0 aliphatic heterocycles. The summed E-state index contributed by atoms with van der Waals surface area (Å²) in [5.74, 6) is -4.00. The molecule has 4 unspecified atom stereocenters. The molecule has 0 radical (unpaired) electrons. The highest BCUT2D eigenvalue weighted by molar-refractivity contribution is 5.94. The van der Waals surface area contributed by atoms with Gasteiger partial charge in [0.15, 0.2) is 0 Å². The standard InChI is InChI=1S/C17H33N5O7/c1-9(2)13(17(28)29)22-15(26)11(5-3-4-6-18)20-16(27)12(8-24)21-14(25)10(19)7-23/h9-13,23-24H,3-8,18-19H2,1-2H3,(H,20,27)(H,21,25)(H,22,26)(H,28,29). The zero-order valence-electron chi connectivity index (χ0n) is 16.8. The Morgan fingerprint density at radius 2 is 1.41 bits per heavy atom. The average Bonchev–Trinajstić information content (AvgIpc) is 2.67. The van der Waals surface area contributed by atoms with Crippen LogP contribution in [-0.2, 0) is 19.2 Å². The lowest BCUT2D eigenvalue weighted by Gasteiger charge is -2.25. The van der Waals surface area contributed by atoms with E-state index in [4.69, 9.17) is 16.6 Å². The van der Waals surface area contributed by atoms with Crippen LogP contribution in [0.15, 0.2) is 0 Å². The highest BCUT2D eigenvalue weighted by atomic mass is 16.4. The molecule has 3 amide bonds. The van der Waals surface area contributed by atoms with Crippen molar-refractivity contribution in [2.75, 3.05) is 19.8 Å². The SMILES string of the molecule is CC(C)C(NC(=O)C(CCCCN)NC(=O)C(CO)NC(=O)C(N)CO)C(=O)O. The van der Waals surface area contributed by atoms with Crippen molar-refractivity contribution in [1.29, 1.82) is 0 Å². The van der Waals surface area contributed by atoms with Gasteiger partial charge in [0.25, 0.3) is 0 Å². The number of nitrogens with two attached hydrogens (primary N) is 2. The molecule has 168 valence electrons. The molecule has 12 nitrogen and oxygen atoms in total. The molecule has 10 N–H and O–H groups in total. The number of aliphatic hydroxyl groups is 2. The number of aliphatic carboxylic acids is 1. The van der Waals surface area contributed by atoms with E-state index >= 15 is 0 Å². The highest BCUT2D eigenvalue weighted by Gasteiger charge is 2.30. The average molecular weight is 419 g/mol. The lowest BCUT2D eigenvalue weighted by atomic mass is 10.0. The van der Waals surface area contributed by atoms with E-state index in [1.54, 1.807) is 13.8 Å². The van der Waals surface area contributed by atoms with Crippen LogP contribution in [0.3, 0.4) is 0 Å². The lowest BCUT2D eigenvalue weighted by Crippen LogP contribution is -2.58. The number of nitrogens with one attached hydrogen (secondary N) is 3. The van der Waals surface area contributed by atoms with Crippen molar-refractivity contribution in [3.05, 3.63) is 0 Å². The Bertz CT molecular complexity index is 558. The zero-order chi connectivity index (χ0) is 22.6. The van der Waals surface area contributed by atoms with Crippen LogP contribution in [0.25, 0.3) is 0 Å². The van der Waals surface area contributed by atoms with Crippen molar-refractivity contribution in [3.8, 4) is 0 Å². The Kier molecular flexibility index (Phi) is 12.7. The van der Waals surface area contributed by atoms with Crippen LogP contribution < -0.4 is 27.4 Å². The third kappa shape index (κ3) is 9.65. The van der Waals surface area contributed by atoms with Crippen molar-refractivity contribution >= 4 is 23.7 Å². The van der Waals surface area contributed by atoms with Crippen LogP contribution in [0.2, 0.25) is 0 Å². The molecule has 0 saturated carbocycles. The summed E-state index contributed by atoms with van der Waals surface area (Å²) in [4.78, 5) is 48.0. The molecule has 0 aliphatic rings. The Labute approximate surface area is 169 Å². The second-order valence-corrected chi connectivity index (χ2v) is 6.95. The second kappa shape index (κ2) is 13.8. The summed E-state index contributed by atoms with van der Waals surface area (Å²) in [5, 5.41) is 34.5. The number of unbranched alkanes of at least 4 members (excludes halogenated alkanes) is 1. The Balaban J connectivity index is 5.23. The van der Waals surface area contributed by atoms with Gasteiger partial charge in [-0.2, -0.15) is 0 Å². The largest absolute Gasteiger partial charge is 0.480 e. The molecule has 0 spiro atoms. The minimum Gasteiger partial charge on any atom is -0.480 e. The maximum Gasteiger partial charge on any atom is 0.326 e. The fraction of sp³-hybridized carbons (Fsp3) is 0.765. The maximum atomic E-state index is 12.6. The minimum absolute atomic E-state index is 0.182. The van der Waals surface area contributed by atoms with Gasteiger partial charge in [-0.05, 0) is 31.7 Å². The molecular weight excluding hydrogens is 386 g/mol. The molecule has 0 rings (SSSR count). The number of carbonyl (C=O) groups excluding carboxylic acids is 3. The summed E-state index contributed by atoms with van der Waals surface area (Å²) < 4.78 is 0. The van der Waals surface area contributed by atoms with E-state index < -0.39 is 61.1 Å². The summed E-state index contributed by atoms with van der Waals surface area (Å²) in [7, 11) is 0. The van der Waals surface area contributed by atoms with Gasteiger partial charge in [0.05, 0.1) is 13.2 Å². The van der Waals surface area contributed by atoms with E-state index in [-0.39, 0.29) is 12.3 Å². The van der Waals surface area contributed by atoms with Crippen molar-refractivity contribution in [2.24, 2.45) is 17.4 Å². The predicted octanol–water partition coefficient (Wildman–Crippen LogP) is -3.38. The van der Waals surface area contributed by atoms with E-state index in [1.165, 1.54) is 0 Å². The maximum absolute atomic E-state index is 12.6. The number of hydrogen-bond acceptors (Lipinski definition) is 8. The first-order valence-electron chi connectivity index (χ1n) is 9.40. The van der Waals surface area contributed by atoms with E-state index in [0.29, 0.717) is 19.4 Å². The topological polar surface area (TPSA) is 217 Å². The van der Waals surface area contributed by atoms with Crippen LogP contribution >= 0.6 is 0 Å². The third-order valence-electron chi connectivity index (χ3n) is 4.16.